The number of carbonyl (C=O) groups is 3. The summed E-state index contributed by atoms with van der Waals surface area (Å²) >= 11 is 0. The third kappa shape index (κ3) is 4.26. The molecule has 0 spiro atoms. The predicted octanol–water partition coefficient (Wildman–Crippen LogP) is 1.56. The molecule has 5 rings (SSSR count). The zero-order chi connectivity index (χ0) is 19.7. The first-order valence-corrected chi connectivity index (χ1v) is 10.7. The third-order valence-corrected chi connectivity index (χ3v) is 6.94. The van der Waals surface area contributed by atoms with Crippen molar-refractivity contribution < 1.29 is 19.1 Å². The van der Waals surface area contributed by atoms with E-state index in [1.165, 1.54) is 19.3 Å². The summed E-state index contributed by atoms with van der Waals surface area (Å²) in [5.41, 5.74) is -0.0929. The molecule has 0 atom stereocenters. The molecule has 8 heteroatoms. The molecule has 8 nitrogen and oxygen atoms in total. The van der Waals surface area contributed by atoms with Crippen molar-refractivity contribution in [2.45, 2.75) is 51.0 Å². The second kappa shape index (κ2) is 7.89. The fourth-order valence-corrected chi connectivity index (χ4v) is 6.21. The molecule has 28 heavy (non-hydrogen) atoms. The number of piperazine rings is 1. The van der Waals surface area contributed by atoms with Crippen LogP contribution < -0.4 is 10.6 Å². The molecule has 0 aromatic rings. The van der Waals surface area contributed by atoms with Gasteiger partial charge >= 0.3 is 12.1 Å². The van der Waals surface area contributed by atoms with E-state index in [4.69, 9.17) is 4.74 Å². The number of nitrogens with one attached hydrogen (secondary N) is 2. The van der Waals surface area contributed by atoms with Gasteiger partial charge < -0.3 is 15.0 Å². The van der Waals surface area contributed by atoms with Crippen molar-refractivity contribution in [2.75, 3.05) is 39.3 Å². The highest BCUT2D eigenvalue weighted by molar-refractivity contribution is 5.95. The number of hydrogen-bond acceptors (Lipinski definition) is 5. The molecular weight excluding hydrogens is 360 g/mol. The molecule has 4 bridgehead atoms. The van der Waals surface area contributed by atoms with Gasteiger partial charge in [-0.2, -0.15) is 0 Å². The van der Waals surface area contributed by atoms with E-state index in [0.717, 1.165) is 37.0 Å². The molecule has 4 saturated carbocycles. The molecule has 5 fully saturated rings. The maximum Gasteiger partial charge on any atom is 0.409 e. The quantitative estimate of drug-likeness (QED) is 0.758. The van der Waals surface area contributed by atoms with Gasteiger partial charge in [0.25, 0.3) is 0 Å². The van der Waals surface area contributed by atoms with Gasteiger partial charge in [0.2, 0.25) is 5.91 Å². The molecule has 1 saturated heterocycles. The highest BCUT2D eigenvalue weighted by Crippen LogP contribution is 2.55. The lowest BCUT2D eigenvalue weighted by molar-refractivity contribution is -0.121. The average Bonchev–Trinajstić information content (AvgIpc) is 2.60. The Hall–Kier alpha value is -1.83. The first kappa shape index (κ1) is 19.5. The van der Waals surface area contributed by atoms with E-state index in [1.807, 2.05) is 4.90 Å². The van der Waals surface area contributed by atoms with Crippen LogP contribution in [0.2, 0.25) is 0 Å². The number of urea groups is 1. The van der Waals surface area contributed by atoms with Crippen LogP contribution in [0.25, 0.3) is 0 Å². The van der Waals surface area contributed by atoms with Crippen LogP contribution >= 0.6 is 0 Å². The van der Waals surface area contributed by atoms with Gasteiger partial charge in [0.05, 0.1) is 13.2 Å². The summed E-state index contributed by atoms with van der Waals surface area (Å²) in [6.45, 7) is 4.58. The van der Waals surface area contributed by atoms with E-state index in [1.54, 1.807) is 11.8 Å². The highest BCUT2D eigenvalue weighted by Gasteiger charge is 2.51. The molecule has 0 unspecified atom stereocenters. The summed E-state index contributed by atoms with van der Waals surface area (Å²) in [7, 11) is 0. The first-order chi connectivity index (χ1) is 13.4. The number of rotatable bonds is 4. The Morgan fingerprint density at radius 1 is 0.964 bits per heavy atom. The molecule has 1 heterocycles. The average molecular weight is 393 g/mol. The molecule has 5 aliphatic rings. The van der Waals surface area contributed by atoms with Gasteiger partial charge in [0, 0.05) is 31.7 Å². The lowest BCUT2D eigenvalue weighted by Gasteiger charge is -2.56. The van der Waals surface area contributed by atoms with Crippen LogP contribution in [-0.2, 0) is 9.53 Å². The van der Waals surface area contributed by atoms with E-state index in [9.17, 15) is 14.4 Å². The topological polar surface area (TPSA) is 91.0 Å². The van der Waals surface area contributed by atoms with Crippen molar-refractivity contribution in [3.8, 4) is 0 Å². The van der Waals surface area contributed by atoms with Crippen LogP contribution in [0.15, 0.2) is 0 Å². The number of carbonyl (C=O) groups excluding carboxylic acids is 3. The van der Waals surface area contributed by atoms with Crippen molar-refractivity contribution in [1.29, 1.82) is 0 Å². The molecule has 0 aromatic carbocycles. The van der Waals surface area contributed by atoms with Gasteiger partial charge in [-0.25, -0.2) is 9.59 Å². The van der Waals surface area contributed by atoms with Gasteiger partial charge in [0.1, 0.15) is 0 Å². The predicted molar refractivity (Wildman–Crippen MR) is 103 cm³/mol. The van der Waals surface area contributed by atoms with E-state index >= 15 is 0 Å². The zero-order valence-electron chi connectivity index (χ0n) is 16.7. The highest BCUT2D eigenvalue weighted by atomic mass is 16.6. The minimum absolute atomic E-state index is 0.0929. The maximum atomic E-state index is 12.5. The van der Waals surface area contributed by atoms with Gasteiger partial charge in [-0.05, 0) is 63.2 Å². The maximum absolute atomic E-state index is 12.5. The van der Waals surface area contributed by atoms with Crippen molar-refractivity contribution in [3.63, 3.8) is 0 Å². The Labute approximate surface area is 166 Å². The van der Waals surface area contributed by atoms with Crippen LogP contribution in [0.4, 0.5) is 9.59 Å². The Bertz CT molecular complexity index is 594. The van der Waals surface area contributed by atoms with E-state index < -0.39 is 0 Å². The number of nitrogens with zero attached hydrogens (tertiary/aromatic N) is 2. The molecule has 4 amide bonds. The fourth-order valence-electron chi connectivity index (χ4n) is 6.21. The normalized spacial score (nSPS) is 34.2. The van der Waals surface area contributed by atoms with Crippen molar-refractivity contribution in [1.82, 2.24) is 20.4 Å². The molecule has 4 aliphatic carbocycles. The summed E-state index contributed by atoms with van der Waals surface area (Å²) < 4.78 is 5.00. The van der Waals surface area contributed by atoms with Crippen molar-refractivity contribution >= 4 is 18.0 Å². The van der Waals surface area contributed by atoms with Crippen LogP contribution in [0.5, 0.6) is 0 Å². The van der Waals surface area contributed by atoms with E-state index in [2.05, 4.69) is 10.6 Å². The monoisotopic (exact) mass is 392 g/mol. The van der Waals surface area contributed by atoms with Crippen LogP contribution in [0, 0.1) is 17.8 Å². The Morgan fingerprint density at radius 2 is 1.54 bits per heavy atom. The standard InChI is InChI=1S/C20H32N4O4/c1-2-28-19(27)24-5-3-23(4-6-24)13-17(25)21-18(26)22-20-10-14-7-15(11-20)9-16(8-14)12-20/h14-16H,2-13H2,1H3,(H2,21,22,25,26). The van der Waals surface area contributed by atoms with Gasteiger partial charge in [0.15, 0.2) is 0 Å². The smallest absolute Gasteiger partial charge is 0.409 e. The SMILES string of the molecule is CCOC(=O)N1CCN(CC(=O)NC(=O)NC23CC4CC(CC(C4)C2)C3)CC1. The number of amides is 4. The lowest BCUT2D eigenvalue weighted by Crippen LogP contribution is -2.62. The van der Waals surface area contributed by atoms with Gasteiger partial charge in [-0.3, -0.25) is 15.0 Å². The van der Waals surface area contributed by atoms with Crippen molar-refractivity contribution in [3.05, 3.63) is 0 Å². The lowest BCUT2D eigenvalue weighted by atomic mass is 9.53. The largest absolute Gasteiger partial charge is 0.450 e. The molecule has 0 aromatic heterocycles. The van der Waals surface area contributed by atoms with Crippen molar-refractivity contribution in [2.24, 2.45) is 17.8 Å². The van der Waals surface area contributed by atoms with Crippen LogP contribution in [0.1, 0.15) is 45.4 Å². The summed E-state index contributed by atoms with van der Waals surface area (Å²) in [4.78, 5) is 40.1. The fraction of sp³-hybridized carbons (Fsp3) is 0.850. The molecular formula is C20H32N4O4. The number of imide groups is 1. The Morgan fingerprint density at radius 3 is 2.07 bits per heavy atom. The third-order valence-electron chi connectivity index (χ3n) is 6.94. The first-order valence-electron chi connectivity index (χ1n) is 10.7. The van der Waals surface area contributed by atoms with Gasteiger partial charge in [-0.1, -0.05) is 0 Å². The Balaban J connectivity index is 1.20. The van der Waals surface area contributed by atoms with Crippen LogP contribution in [0.3, 0.4) is 0 Å². The summed E-state index contributed by atoms with van der Waals surface area (Å²) in [6.07, 6.45) is 6.85. The summed E-state index contributed by atoms with van der Waals surface area (Å²) in [5.74, 6) is 1.96. The minimum atomic E-state index is -0.350. The second-order valence-corrected chi connectivity index (χ2v) is 9.16. The van der Waals surface area contributed by atoms with Crippen LogP contribution in [-0.4, -0.2) is 72.7 Å². The zero-order valence-corrected chi connectivity index (χ0v) is 16.7. The summed E-state index contributed by atoms with van der Waals surface area (Å²) in [5, 5.41) is 5.69. The Kier molecular flexibility index (Phi) is 5.49. The number of ether oxygens (including phenoxy) is 1. The second-order valence-electron chi connectivity index (χ2n) is 9.16. The molecule has 2 N–H and O–H groups in total. The molecule has 0 radical (unpaired) electrons. The number of hydrogen-bond donors (Lipinski definition) is 2. The van der Waals surface area contributed by atoms with Gasteiger partial charge in [-0.15, -0.1) is 0 Å². The molecule has 156 valence electrons. The minimum Gasteiger partial charge on any atom is -0.450 e. The molecule has 1 aliphatic heterocycles. The van der Waals surface area contributed by atoms with E-state index in [0.29, 0.717) is 32.8 Å². The van der Waals surface area contributed by atoms with E-state index in [-0.39, 0.29) is 30.1 Å². The summed E-state index contributed by atoms with van der Waals surface area (Å²) in [6, 6.07) is -0.350.